The molecule has 0 fully saturated rings. The fourth-order valence-corrected chi connectivity index (χ4v) is 3.38. The van der Waals surface area contributed by atoms with Crippen LogP contribution < -0.4 is 0 Å². The maximum absolute atomic E-state index is 14.3. The van der Waals surface area contributed by atoms with Crippen molar-refractivity contribution in [1.29, 1.82) is 0 Å². The van der Waals surface area contributed by atoms with E-state index in [1.165, 1.54) is 35.9 Å². The van der Waals surface area contributed by atoms with E-state index in [2.05, 4.69) is 21.0 Å². The summed E-state index contributed by atoms with van der Waals surface area (Å²) in [5.41, 5.74) is 0.646. The Bertz CT molecular complexity index is 994. The number of aromatic nitrogens is 2. The molecule has 0 bridgehead atoms. The van der Waals surface area contributed by atoms with Crippen LogP contribution in [0.2, 0.25) is 0 Å². The molecule has 3 aromatic rings. The molecule has 26 heavy (non-hydrogen) atoms. The van der Waals surface area contributed by atoms with Crippen molar-refractivity contribution in [2.24, 2.45) is 0 Å². The minimum atomic E-state index is -1.05. The Balaban J connectivity index is 2.21. The molecule has 0 saturated carbocycles. The second-order valence-electron chi connectivity index (χ2n) is 5.12. The van der Waals surface area contributed by atoms with Crippen LogP contribution in [0.25, 0.3) is 16.9 Å². The molecule has 0 amide bonds. The summed E-state index contributed by atoms with van der Waals surface area (Å²) < 4.78 is 47.7. The summed E-state index contributed by atoms with van der Waals surface area (Å²) in [6, 6.07) is 9.16. The van der Waals surface area contributed by atoms with Crippen LogP contribution >= 0.6 is 28.0 Å². The number of hydrogen-bond donors (Lipinski definition) is 0. The molecular weight excluding hydrogens is 433 g/mol. The van der Waals surface area contributed by atoms with Gasteiger partial charge in [0.15, 0.2) is 16.7 Å². The van der Waals surface area contributed by atoms with Crippen molar-refractivity contribution in [2.75, 3.05) is 0 Å². The predicted molar refractivity (Wildman–Crippen MR) is 94.2 cm³/mol. The van der Waals surface area contributed by atoms with Gasteiger partial charge in [-0.2, -0.15) is 5.10 Å². The van der Waals surface area contributed by atoms with E-state index < -0.39 is 23.4 Å². The van der Waals surface area contributed by atoms with Crippen LogP contribution in [-0.4, -0.2) is 15.7 Å². The van der Waals surface area contributed by atoms with Crippen molar-refractivity contribution in [2.45, 2.75) is 11.9 Å². The zero-order valence-electron chi connectivity index (χ0n) is 13.2. The number of para-hydroxylation sites is 1. The number of nitrogens with zero attached hydrogens (tertiary/aromatic N) is 2. The highest BCUT2D eigenvalue weighted by molar-refractivity contribution is 9.10. The molecule has 4 nitrogen and oxygen atoms in total. The van der Waals surface area contributed by atoms with Crippen molar-refractivity contribution in [3.05, 3.63) is 64.4 Å². The molecule has 0 radical (unpaired) electrons. The van der Waals surface area contributed by atoms with Crippen molar-refractivity contribution in [3.63, 3.8) is 0 Å². The van der Waals surface area contributed by atoms with Crippen molar-refractivity contribution < 1.29 is 22.1 Å². The molecule has 1 heterocycles. The van der Waals surface area contributed by atoms with Crippen LogP contribution in [-0.2, 0) is 8.98 Å². The Hall–Kier alpha value is -2.26. The molecular formula is C17H10BrF3N2O2S. The molecule has 0 N–H and O–H groups in total. The van der Waals surface area contributed by atoms with Gasteiger partial charge < -0.3 is 4.18 Å². The fourth-order valence-electron chi connectivity index (χ4n) is 2.22. The van der Waals surface area contributed by atoms with Gasteiger partial charge in [0.1, 0.15) is 23.5 Å². The lowest BCUT2D eigenvalue weighted by Gasteiger charge is -2.09. The van der Waals surface area contributed by atoms with Gasteiger partial charge >= 0.3 is 5.97 Å². The van der Waals surface area contributed by atoms with Gasteiger partial charge in [-0.25, -0.2) is 17.9 Å². The number of halogens is 4. The number of benzene rings is 2. The first-order valence-electron chi connectivity index (χ1n) is 7.22. The topological polar surface area (TPSA) is 44.1 Å². The highest BCUT2D eigenvalue weighted by Crippen LogP contribution is 2.38. The van der Waals surface area contributed by atoms with Crippen LogP contribution in [0.1, 0.15) is 6.92 Å². The van der Waals surface area contributed by atoms with Gasteiger partial charge in [0.25, 0.3) is 0 Å². The van der Waals surface area contributed by atoms with Gasteiger partial charge in [-0.15, -0.1) is 0 Å². The summed E-state index contributed by atoms with van der Waals surface area (Å²) >= 11 is 3.99. The number of carbonyl (C=O) groups is 1. The van der Waals surface area contributed by atoms with Crippen LogP contribution in [0.3, 0.4) is 0 Å². The Kier molecular flexibility index (Phi) is 5.38. The van der Waals surface area contributed by atoms with E-state index >= 15 is 0 Å². The van der Waals surface area contributed by atoms with Crippen molar-refractivity contribution in [3.8, 4) is 16.9 Å². The van der Waals surface area contributed by atoms with E-state index in [1.54, 1.807) is 6.07 Å². The summed E-state index contributed by atoms with van der Waals surface area (Å²) in [5, 5.41) is 4.47. The minimum Gasteiger partial charge on any atom is -0.384 e. The lowest BCUT2D eigenvalue weighted by atomic mass is 10.1. The van der Waals surface area contributed by atoms with E-state index in [1.807, 2.05) is 0 Å². The average molecular weight is 443 g/mol. The lowest BCUT2D eigenvalue weighted by Crippen LogP contribution is -2.02. The zero-order chi connectivity index (χ0) is 18.8. The molecule has 134 valence electrons. The van der Waals surface area contributed by atoms with Gasteiger partial charge in [0, 0.05) is 12.5 Å². The van der Waals surface area contributed by atoms with E-state index in [0.717, 1.165) is 12.1 Å². The molecule has 0 aliphatic heterocycles. The van der Waals surface area contributed by atoms with Gasteiger partial charge in [-0.3, -0.25) is 4.79 Å². The summed E-state index contributed by atoms with van der Waals surface area (Å²) in [6.45, 7) is 1.23. The molecule has 2 aromatic carbocycles. The first-order valence-corrected chi connectivity index (χ1v) is 8.76. The maximum atomic E-state index is 14.3. The molecule has 0 atom stereocenters. The molecule has 0 spiro atoms. The molecule has 0 aliphatic rings. The van der Waals surface area contributed by atoms with Crippen LogP contribution in [0.5, 0.6) is 0 Å². The summed E-state index contributed by atoms with van der Waals surface area (Å²) in [7, 11) is 0. The number of hydrogen-bond acceptors (Lipinski definition) is 4. The minimum absolute atomic E-state index is 0.0996. The third-order valence-electron chi connectivity index (χ3n) is 3.31. The third-order valence-corrected chi connectivity index (χ3v) is 5.09. The van der Waals surface area contributed by atoms with Crippen LogP contribution in [0.4, 0.5) is 13.2 Å². The largest absolute Gasteiger partial charge is 0.384 e. The second kappa shape index (κ2) is 7.55. The standard InChI is InChI=1S/C17H10BrF3N2O2S/c1-9(24)25-26-17-15(18)16(10-6-7-11(19)13(21)8-10)23(22-17)14-5-3-2-4-12(14)20/h2-8H,1H3. The normalized spacial score (nSPS) is 10.8. The molecule has 0 aliphatic carbocycles. The fraction of sp³-hybridized carbons (Fsp3) is 0.0588. The lowest BCUT2D eigenvalue weighted by molar-refractivity contribution is -0.130. The third kappa shape index (κ3) is 3.63. The van der Waals surface area contributed by atoms with Crippen molar-refractivity contribution in [1.82, 2.24) is 9.78 Å². The highest BCUT2D eigenvalue weighted by Gasteiger charge is 2.22. The van der Waals surface area contributed by atoms with Gasteiger partial charge in [0.05, 0.1) is 10.2 Å². The summed E-state index contributed by atoms with van der Waals surface area (Å²) in [4.78, 5) is 11.1. The second-order valence-corrected chi connectivity index (χ2v) is 6.63. The van der Waals surface area contributed by atoms with Crippen LogP contribution in [0.15, 0.2) is 52.0 Å². The maximum Gasteiger partial charge on any atom is 0.315 e. The Morgan fingerprint density at radius 1 is 1.12 bits per heavy atom. The first kappa shape index (κ1) is 18.5. The number of carbonyl (C=O) groups excluding carboxylic acids is 1. The van der Waals surface area contributed by atoms with Gasteiger partial charge in [-0.05, 0) is 46.3 Å². The van der Waals surface area contributed by atoms with E-state index in [-0.39, 0.29) is 22.0 Å². The van der Waals surface area contributed by atoms with E-state index in [0.29, 0.717) is 16.5 Å². The molecule has 1 aromatic heterocycles. The Morgan fingerprint density at radius 3 is 2.50 bits per heavy atom. The first-order chi connectivity index (χ1) is 12.4. The highest BCUT2D eigenvalue weighted by atomic mass is 79.9. The summed E-state index contributed by atoms with van der Waals surface area (Å²) in [6.07, 6.45) is 0. The average Bonchev–Trinajstić information content (AvgIpc) is 2.92. The van der Waals surface area contributed by atoms with E-state index in [9.17, 15) is 18.0 Å². The van der Waals surface area contributed by atoms with E-state index in [4.69, 9.17) is 4.18 Å². The molecule has 0 unspecified atom stereocenters. The van der Waals surface area contributed by atoms with Crippen molar-refractivity contribution >= 4 is 33.9 Å². The summed E-state index contributed by atoms with van der Waals surface area (Å²) in [5.74, 6) is -3.16. The van der Waals surface area contributed by atoms with Gasteiger partial charge in [0.2, 0.25) is 0 Å². The van der Waals surface area contributed by atoms with Gasteiger partial charge in [-0.1, -0.05) is 12.1 Å². The molecule has 0 saturated heterocycles. The smallest absolute Gasteiger partial charge is 0.315 e. The Morgan fingerprint density at radius 2 is 1.85 bits per heavy atom. The predicted octanol–water partition coefficient (Wildman–Crippen LogP) is 5.29. The molecule has 9 heteroatoms. The molecule has 3 rings (SSSR count). The monoisotopic (exact) mass is 442 g/mol. The SMILES string of the molecule is CC(=O)OSc1nn(-c2ccccc2F)c(-c2ccc(F)c(F)c2)c1Br. The Labute approximate surface area is 159 Å². The number of rotatable bonds is 4. The quantitative estimate of drug-likeness (QED) is 0.515. The van der Waals surface area contributed by atoms with Crippen LogP contribution in [0, 0.1) is 17.5 Å². The zero-order valence-corrected chi connectivity index (χ0v) is 15.6.